The van der Waals surface area contributed by atoms with E-state index in [0.717, 1.165) is 127 Å². The number of halogens is 8. The van der Waals surface area contributed by atoms with Crippen molar-refractivity contribution in [3.8, 4) is 39.9 Å². The predicted octanol–water partition coefficient (Wildman–Crippen LogP) is 22.9. The van der Waals surface area contributed by atoms with E-state index in [0.29, 0.717) is 151 Å². The second-order valence-electron chi connectivity index (χ2n) is 42.2. The fourth-order valence-electron chi connectivity index (χ4n) is 25.9. The molecule has 750 valence electrons. The van der Waals surface area contributed by atoms with E-state index in [9.17, 15) is 67.6 Å². The highest BCUT2D eigenvalue weighted by Gasteiger charge is 2.54. The smallest absolute Gasteiger partial charge is 0.326 e. The van der Waals surface area contributed by atoms with Crippen molar-refractivity contribution in [3.05, 3.63) is 228 Å². The number of carbonyl (C=O) groups excluding carboxylic acids is 4. The lowest BCUT2D eigenvalue weighted by atomic mass is 9.50. The Labute approximate surface area is 834 Å². The van der Waals surface area contributed by atoms with Crippen LogP contribution in [-0.4, -0.2) is 181 Å². The van der Waals surface area contributed by atoms with Crippen LogP contribution in [0.4, 0.5) is 27.8 Å². The van der Waals surface area contributed by atoms with Gasteiger partial charge in [0.15, 0.2) is 23.0 Å². The average Bonchev–Trinajstić information content (AvgIpc) is 0.978. The molecule has 15 fully saturated rings. The summed E-state index contributed by atoms with van der Waals surface area (Å²) in [7, 11) is 0. The quantitative estimate of drug-likeness (QED) is 0.0332. The molecule has 8 aromatic carbocycles. The number of rotatable bonds is 25. The van der Waals surface area contributed by atoms with E-state index < -0.39 is 112 Å². The summed E-state index contributed by atoms with van der Waals surface area (Å²) in [5, 5.41) is 43.5. The number of carboxylic acids is 4. The summed E-state index contributed by atoms with van der Waals surface area (Å²) < 4.78 is 105. The first-order valence-corrected chi connectivity index (χ1v) is 51.3. The number of hydrogen-bond donors (Lipinski definition) is 5. The number of hydrogen-bond acceptors (Lipinski definition) is 16. The fourth-order valence-corrected chi connectivity index (χ4v) is 26.6. The van der Waals surface area contributed by atoms with Crippen molar-refractivity contribution in [2.45, 2.75) is 222 Å². The van der Waals surface area contributed by atoms with Crippen LogP contribution in [0.3, 0.4) is 0 Å². The molecule has 5 atom stereocenters. The number of likely N-dealkylation sites (tertiary alicyclic amines) is 5. The van der Waals surface area contributed by atoms with Gasteiger partial charge in [0.05, 0.1) is 53.5 Å². The van der Waals surface area contributed by atoms with Crippen LogP contribution in [0.15, 0.2) is 138 Å². The standard InChI is InChI=1S/C34H35Cl2FN2O4.C27H34FNO4.C25H18ClF2N3O5.C24H30FNO4/c35-25-15-24(16-26(36)17-25)32(23-5-2-1-3-6-23)38-13-10-21(11-14-38)20-43-31-19-29(37)28(18-27(31)22-8-9-22)33(40)39-12-4-7-30(39)34(41)42;28-22-11-24(33-15-27-12-16-7-17(13-27)9-18(8-16)14-27)20(19-3-1-4-19)10-21(22)25(30)29-6-2-5-23(29)26(31)32;26-13-4-6-20(14(9-13)12-3-5-21-16(8-12)23(29)30-36-21)35-22-11-17(27)15(10-18(22)28)24(32)31-7-1-2-19(31)25(33)34;1-14-5-18(22(27)26-4-2-3-20(26)23(28)29)19(25)9-21(14)30-13-24-10-15-6-16(11-24)8-17(7-15)12-24/h1-3,5-6,15-19,21-22,30,32H,4,7-14,20H2,(H,41,42);10-11,16-19,23H,1-9,12-15H2,(H,31,32);3-6,8-11,19H,1-2,7H2,(H2,29,30)(H,33,34);5,9,15-17,20H,2-4,6-8,10-13H2,1H3,(H,28,29)/t30-,32?;16?,17?,18?,23-,27?;19-;15?,16?,17?,20-,24?/m0000/s1. The zero-order valence-corrected chi connectivity index (χ0v) is 81.4. The van der Waals surface area contributed by atoms with E-state index >= 15 is 13.2 Å². The number of ether oxygens (including phenoxy) is 4. The summed E-state index contributed by atoms with van der Waals surface area (Å²) in [5.41, 5.74) is 11.9. The molecule has 0 radical (unpaired) electrons. The number of aromatic nitrogens is 1. The molecular weight excluding hydrogens is 1890 g/mol. The number of anilines is 1. The molecular formula is C110H117Cl3F5N7O17. The van der Waals surface area contributed by atoms with Gasteiger partial charge in [-0.05, 0) is 346 Å². The van der Waals surface area contributed by atoms with Crippen molar-refractivity contribution < 1.29 is 104 Å². The number of piperidine rings is 1. The molecule has 24 nitrogen and oxygen atoms in total. The van der Waals surface area contributed by atoms with Crippen LogP contribution in [-0.2, 0) is 19.2 Å². The molecule has 5 saturated heterocycles. The Morgan fingerprint density at radius 3 is 1.29 bits per heavy atom. The van der Waals surface area contributed by atoms with Gasteiger partial charge in [0.25, 0.3) is 23.6 Å². The van der Waals surface area contributed by atoms with Crippen molar-refractivity contribution in [1.82, 2.24) is 29.7 Å². The topological polar surface area (TPSA) is 323 Å². The fraction of sp³-hybridized carbons (Fsp3) is 0.482. The second kappa shape index (κ2) is 41.7. The van der Waals surface area contributed by atoms with E-state index in [1.165, 1.54) is 134 Å². The second-order valence-corrected chi connectivity index (χ2v) is 43.5. The Morgan fingerprint density at radius 1 is 0.423 bits per heavy atom. The number of amides is 4. The summed E-state index contributed by atoms with van der Waals surface area (Å²) in [5.74, 6) is -3.43. The van der Waals surface area contributed by atoms with Crippen LogP contribution >= 0.6 is 34.8 Å². The van der Waals surface area contributed by atoms with Crippen molar-refractivity contribution in [1.29, 1.82) is 0 Å². The third kappa shape index (κ3) is 21.2. The number of aliphatic carboxylic acids is 4. The van der Waals surface area contributed by atoms with Crippen LogP contribution in [0, 0.1) is 88.3 Å². The number of benzene rings is 8. The molecule has 9 aromatic rings. The van der Waals surface area contributed by atoms with E-state index in [-0.39, 0.29) is 69.9 Å². The monoisotopic (exact) mass is 2010 g/mol. The van der Waals surface area contributed by atoms with Crippen molar-refractivity contribution in [2.75, 3.05) is 64.8 Å². The summed E-state index contributed by atoms with van der Waals surface area (Å²) in [4.78, 5) is 105. The number of nitrogens with zero attached hydrogens (tertiary/aromatic N) is 6. The summed E-state index contributed by atoms with van der Waals surface area (Å²) in [6, 6.07) is 32.4. The van der Waals surface area contributed by atoms with Crippen LogP contribution in [0.1, 0.15) is 260 Å². The Kier molecular flexibility index (Phi) is 29.1. The van der Waals surface area contributed by atoms with Crippen molar-refractivity contribution in [2.24, 2.45) is 52.3 Å². The third-order valence-corrected chi connectivity index (χ3v) is 33.0. The zero-order chi connectivity index (χ0) is 99.4. The van der Waals surface area contributed by atoms with Crippen molar-refractivity contribution >= 4 is 99.1 Å². The Balaban J connectivity index is 0.000000121. The van der Waals surface area contributed by atoms with Gasteiger partial charge in [-0.15, -0.1) is 0 Å². The molecule has 10 aliphatic carbocycles. The van der Waals surface area contributed by atoms with Gasteiger partial charge >= 0.3 is 23.9 Å². The molecule has 32 heteroatoms. The molecule has 4 amide bonds. The van der Waals surface area contributed by atoms with Gasteiger partial charge in [0, 0.05) is 81.9 Å². The molecule has 10 saturated carbocycles. The molecule has 1 unspecified atom stereocenters. The van der Waals surface area contributed by atoms with Gasteiger partial charge in [0.2, 0.25) is 0 Å². The summed E-state index contributed by atoms with van der Waals surface area (Å²) >= 11 is 18.9. The largest absolute Gasteiger partial charge is 0.493 e. The normalized spacial score (nSPS) is 25.4. The molecule has 0 spiro atoms. The van der Waals surface area contributed by atoms with E-state index in [1.807, 2.05) is 37.3 Å². The van der Waals surface area contributed by atoms with Crippen LogP contribution in [0.25, 0.3) is 22.1 Å². The highest BCUT2D eigenvalue weighted by molar-refractivity contribution is 6.34. The van der Waals surface area contributed by atoms with Gasteiger partial charge < -0.3 is 69.2 Å². The minimum Gasteiger partial charge on any atom is -0.493 e. The van der Waals surface area contributed by atoms with Gasteiger partial charge in [-0.25, -0.2) is 41.1 Å². The highest BCUT2D eigenvalue weighted by Crippen LogP contribution is 2.62. The molecule has 6 N–H and O–H groups in total. The number of carboxylic acid groups (broad SMARTS) is 4. The maximum Gasteiger partial charge on any atom is 0.326 e. The summed E-state index contributed by atoms with van der Waals surface area (Å²) in [6.45, 7) is 6.44. The zero-order valence-electron chi connectivity index (χ0n) is 79.1. The van der Waals surface area contributed by atoms with Gasteiger partial charge in [-0.1, -0.05) is 82.8 Å². The maximum absolute atomic E-state index is 15.3. The Bertz CT molecular complexity index is 6260. The summed E-state index contributed by atoms with van der Waals surface area (Å²) in [6.07, 6.45) is 26.4. The van der Waals surface area contributed by atoms with Crippen LogP contribution in [0.5, 0.6) is 28.7 Å². The number of fused-ring (bicyclic) bond motifs is 1. The van der Waals surface area contributed by atoms with Crippen molar-refractivity contribution in [3.63, 3.8) is 0 Å². The molecule has 15 aliphatic rings. The lowest BCUT2D eigenvalue weighted by Crippen LogP contribution is -2.48. The van der Waals surface area contributed by atoms with Crippen LogP contribution in [0.2, 0.25) is 15.1 Å². The first-order valence-electron chi connectivity index (χ1n) is 50.1. The third-order valence-electron chi connectivity index (χ3n) is 32.3. The number of nitrogen functional groups attached to an aromatic ring is 1. The molecule has 5 aliphatic heterocycles. The van der Waals surface area contributed by atoms with Gasteiger partial charge in [-0.3, -0.25) is 24.1 Å². The van der Waals surface area contributed by atoms with Crippen LogP contribution < -0.4 is 24.7 Å². The van der Waals surface area contributed by atoms with E-state index in [2.05, 4.69) is 22.2 Å². The minimum absolute atomic E-state index is 0.00722. The predicted molar refractivity (Wildman–Crippen MR) is 521 cm³/mol. The van der Waals surface area contributed by atoms with Gasteiger partial charge in [-0.2, -0.15) is 0 Å². The molecule has 24 rings (SSSR count). The average molecular weight is 2010 g/mol. The molecule has 6 heterocycles. The Morgan fingerprint density at radius 2 is 0.845 bits per heavy atom. The first kappa shape index (κ1) is 99.2. The van der Waals surface area contributed by atoms with E-state index in [1.54, 1.807) is 42.5 Å². The first-order chi connectivity index (χ1) is 68.2. The molecule has 8 bridgehead atoms. The lowest BCUT2D eigenvalue weighted by molar-refractivity contribution is -0.142. The maximum atomic E-state index is 15.3. The number of nitrogens with two attached hydrogens (primary N) is 1. The van der Waals surface area contributed by atoms with E-state index in [4.69, 9.17) is 64.0 Å². The van der Waals surface area contributed by atoms with Gasteiger partial charge in [0.1, 0.15) is 70.4 Å². The Hall–Kier alpha value is -11.5. The SMILES string of the molecule is Cc1cc(C(=O)N2CCC[C@H]2C(=O)O)c(F)cc1OCC12CC3CC(CC(C3)C1)C2.Nc1noc2ccc(-c3cc(Cl)ccc3Oc3cc(F)c(C(=O)N4CCC[C@H]4C(=O)O)cc3F)cc12.O=C(O)[C@@H]1CCCN1C(=O)c1cc(C2CC2)c(OCC2CCN(C(c3ccccc3)c3cc(Cl)cc(Cl)c3)CC2)cc1F.O=C(O)[C@@H]1CCCN1C(=O)c1cc(C2CCC2)c(OCC23CC4CC(CC(C4)C2)C3)cc1F. The minimum atomic E-state index is -1.19. The molecule has 142 heavy (non-hydrogen) atoms. The lowest BCUT2D eigenvalue weighted by Gasteiger charge is -2.56. The highest BCUT2D eigenvalue weighted by atomic mass is 35.5. The number of carbonyl (C=O) groups is 8. The number of aryl methyl sites for hydroxylation is 1. The molecule has 1 aromatic heterocycles.